The minimum absolute atomic E-state index is 0.0753. The SMILES string of the molecule is CC(=O)NS(=O)(=O)c1ccc(NC(=O)c2ccco2)cc1. The highest BCUT2D eigenvalue weighted by atomic mass is 32.2. The van der Waals surface area contributed by atoms with E-state index in [1.54, 1.807) is 6.07 Å². The van der Waals surface area contributed by atoms with Crippen LogP contribution in [0.3, 0.4) is 0 Å². The van der Waals surface area contributed by atoms with Crippen LogP contribution in [0.4, 0.5) is 5.69 Å². The number of benzene rings is 1. The molecule has 0 atom stereocenters. The minimum atomic E-state index is -3.88. The molecule has 0 aliphatic heterocycles. The first-order chi connectivity index (χ1) is 9.88. The van der Waals surface area contributed by atoms with Gasteiger partial charge < -0.3 is 9.73 Å². The van der Waals surface area contributed by atoms with Crippen LogP contribution in [-0.2, 0) is 14.8 Å². The van der Waals surface area contributed by atoms with Gasteiger partial charge in [0.05, 0.1) is 11.2 Å². The fourth-order valence-corrected chi connectivity index (χ4v) is 2.56. The Bertz CT molecular complexity index is 748. The Kier molecular flexibility index (Phi) is 4.08. The molecule has 1 aromatic heterocycles. The summed E-state index contributed by atoms with van der Waals surface area (Å²) in [6.07, 6.45) is 1.37. The second-order valence-electron chi connectivity index (χ2n) is 4.12. The highest BCUT2D eigenvalue weighted by molar-refractivity contribution is 7.90. The van der Waals surface area contributed by atoms with E-state index in [-0.39, 0.29) is 10.7 Å². The summed E-state index contributed by atoms with van der Waals surface area (Å²) in [7, 11) is -3.88. The normalized spacial score (nSPS) is 10.9. The van der Waals surface area contributed by atoms with Gasteiger partial charge in [-0.15, -0.1) is 0 Å². The summed E-state index contributed by atoms with van der Waals surface area (Å²) in [6.45, 7) is 1.11. The Hall–Kier alpha value is -2.61. The third-order valence-electron chi connectivity index (χ3n) is 2.45. The van der Waals surface area contributed by atoms with Crippen LogP contribution in [-0.4, -0.2) is 20.2 Å². The van der Waals surface area contributed by atoms with Gasteiger partial charge in [0, 0.05) is 12.6 Å². The molecule has 0 radical (unpaired) electrons. The highest BCUT2D eigenvalue weighted by Gasteiger charge is 2.15. The Labute approximate surface area is 121 Å². The van der Waals surface area contributed by atoms with Crippen LogP contribution >= 0.6 is 0 Å². The first-order valence-electron chi connectivity index (χ1n) is 5.87. The summed E-state index contributed by atoms with van der Waals surface area (Å²) in [5.41, 5.74) is 0.401. The van der Waals surface area contributed by atoms with Crippen LogP contribution in [0.5, 0.6) is 0 Å². The largest absolute Gasteiger partial charge is 0.459 e. The molecule has 2 N–H and O–H groups in total. The molecule has 0 saturated heterocycles. The molecule has 0 saturated carbocycles. The molecule has 0 aliphatic rings. The van der Waals surface area contributed by atoms with Crippen molar-refractivity contribution >= 4 is 27.5 Å². The molecular weight excluding hydrogens is 296 g/mol. The standard InChI is InChI=1S/C13H12N2O5S/c1-9(16)15-21(18,19)11-6-4-10(5-7-11)14-13(17)12-3-2-8-20-12/h2-8H,1H3,(H,14,17)(H,15,16). The number of carbonyl (C=O) groups excluding carboxylic acids is 2. The van der Waals surface area contributed by atoms with Crippen LogP contribution < -0.4 is 10.0 Å². The number of rotatable bonds is 4. The van der Waals surface area contributed by atoms with E-state index in [9.17, 15) is 18.0 Å². The Morgan fingerprint density at radius 1 is 1.10 bits per heavy atom. The Balaban J connectivity index is 2.12. The first-order valence-corrected chi connectivity index (χ1v) is 7.35. The van der Waals surface area contributed by atoms with Gasteiger partial charge in [0.15, 0.2) is 5.76 Å². The number of hydrogen-bond donors (Lipinski definition) is 2. The number of furan rings is 1. The van der Waals surface area contributed by atoms with Crippen molar-refractivity contribution in [1.29, 1.82) is 0 Å². The third-order valence-corrected chi connectivity index (χ3v) is 3.89. The van der Waals surface area contributed by atoms with Crippen molar-refractivity contribution in [2.75, 3.05) is 5.32 Å². The minimum Gasteiger partial charge on any atom is -0.459 e. The lowest BCUT2D eigenvalue weighted by Gasteiger charge is -2.06. The van der Waals surface area contributed by atoms with Crippen molar-refractivity contribution in [3.8, 4) is 0 Å². The number of hydrogen-bond acceptors (Lipinski definition) is 5. The highest BCUT2D eigenvalue weighted by Crippen LogP contribution is 2.15. The van der Waals surface area contributed by atoms with Crippen LogP contribution in [0.2, 0.25) is 0 Å². The van der Waals surface area contributed by atoms with Gasteiger partial charge in [-0.25, -0.2) is 13.1 Å². The van der Waals surface area contributed by atoms with Crippen LogP contribution in [0, 0.1) is 0 Å². The Morgan fingerprint density at radius 2 is 1.76 bits per heavy atom. The lowest BCUT2D eigenvalue weighted by Crippen LogP contribution is -2.28. The molecule has 0 aliphatic carbocycles. The molecule has 1 heterocycles. The third kappa shape index (κ3) is 3.69. The van der Waals surface area contributed by atoms with E-state index in [0.29, 0.717) is 5.69 Å². The topological polar surface area (TPSA) is 105 Å². The van der Waals surface area contributed by atoms with Gasteiger partial charge in [-0.3, -0.25) is 9.59 Å². The predicted molar refractivity (Wildman–Crippen MR) is 74.1 cm³/mol. The quantitative estimate of drug-likeness (QED) is 0.887. The molecule has 2 rings (SSSR count). The fourth-order valence-electron chi connectivity index (χ4n) is 1.57. The molecule has 0 spiro atoms. The van der Waals surface area contributed by atoms with Crippen molar-refractivity contribution in [3.63, 3.8) is 0 Å². The zero-order valence-electron chi connectivity index (χ0n) is 11.0. The second-order valence-corrected chi connectivity index (χ2v) is 5.80. The van der Waals surface area contributed by atoms with E-state index in [4.69, 9.17) is 4.42 Å². The summed E-state index contributed by atoms with van der Waals surface area (Å²) >= 11 is 0. The number of anilines is 1. The maximum absolute atomic E-state index is 11.7. The van der Waals surface area contributed by atoms with Gasteiger partial charge in [-0.1, -0.05) is 0 Å². The predicted octanol–water partition coefficient (Wildman–Crippen LogP) is 1.36. The van der Waals surface area contributed by atoms with Gasteiger partial charge in [0.25, 0.3) is 15.9 Å². The molecule has 8 heteroatoms. The van der Waals surface area contributed by atoms with Crippen molar-refractivity contribution in [2.24, 2.45) is 0 Å². The molecule has 2 amide bonds. The van der Waals surface area contributed by atoms with Gasteiger partial charge in [-0.2, -0.15) is 0 Å². The van der Waals surface area contributed by atoms with Gasteiger partial charge in [0.1, 0.15) is 0 Å². The molecule has 2 aromatic rings. The van der Waals surface area contributed by atoms with Crippen molar-refractivity contribution in [3.05, 3.63) is 48.4 Å². The van der Waals surface area contributed by atoms with Gasteiger partial charge >= 0.3 is 0 Å². The smallest absolute Gasteiger partial charge is 0.291 e. The van der Waals surface area contributed by atoms with Crippen molar-refractivity contribution in [2.45, 2.75) is 11.8 Å². The molecule has 0 bridgehead atoms. The summed E-state index contributed by atoms with van der Waals surface area (Å²) < 4.78 is 30.2. The summed E-state index contributed by atoms with van der Waals surface area (Å²) in [5, 5.41) is 2.55. The summed E-state index contributed by atoms with van der Waals surface area (Å²) in [4.78, 5) is 22.5. The molecule has 0 unspecified atom stereocenters. The lowest BCUT2D eigenvalue weighted by atomic mass is 10.3. The maximum Gasteiger partial charge on any atom is 0.291 e. The van der Waals surface area contributed by atoms with E-state index >= 15 is 0 Å². The van der Waals surface area contributed by atoms with E-state index in [1.165, 1.54) is 36.6 Å². The summed E-state index contributed by atoms with van der Waals surface area (Å²) in [6, 6.07) is 8.47. The van der Waals surface area contributed by atoms with E-state index in [2.05, 4.69) is 5.32 Å². The fraction of sp³-hybridized carbons (Fsp3) is 0.0769. The zero-order valence-corrected chi connectivity index (χ0v) is 11.8. The van der Waals surface area contributed by atoms with Gasteiger partial charge in [-0.05, 0) is 36.4 Å². The molecule has 110 valence electrons. The lowest BCUT2D eigenvalue weighted by molar-refractivity contribution is -0.117. The molecular formula is C13H12N2O5S. The van der Waals surface area contributed by atoms with E-state index < -0.39 is 21.8 Å². The van der Waals surface area contributed by atoms with Crippen molar-refractivity contribution in [1.82, 2.24) is 4.72 Å². The first kappa shape index (κ1) is 14.8. The van der Waals surface area contributed by atoms with E-state index in [1.807, 2.05) is 4.72 Å². The molecule has 0 fully saturated rings. The maximum atomic E-state index is 11.7. The second kappa shape index (κ2) is 5.80. The molecule has 1 aromatic carbocycles. The average Bonchev–Trinajstić information content (AvgIpc) is 2.91. The number of sulfonamides is 1. The summed E-state index contributed by atoms with van der Waals surface area (Å²) in [5.74, 6) is -0.979. The molecule has 7 nitrogen and oxygen atoms in total. The number of amides is 2. The van der Waals surface area contributed by atoms with Crippen LogP contribution in [0.1, 0.15) is 17.5 Å². The molecule has 21 heavy (non-hydrogen) atoms. The van der Waals surface area contributed by atoms with Crippen molar-refractivity contribution < 1.29 is 22.4 Å². The average molecular weight is 308 g/mol. The van der Waals surface area contributed by atoms with Crippen LogP contribution in [0.25, 0.3) is 0 Å². The zero-order chi connectivity index (χ0) is 15.5. The van der Waals surface area contributed by atoms with Gasteiger partial charge in [0.2, 0.25) is 5.91 Å². The number of nitrogens with one attached hydrogen (secondary N) is 2. The monoisotopic (exact) mass is 308 g/mol. The number of carbonyl (C=O) groups is 2. The van der Waals surface area contributed by atoms with Crippen LogP contribution in [0.15, 0.2) is 52.0 Å². The Morgan fingerprint density at radius 3 is 2.29 bits per heavy atom. The van der Waals surface area contributed by atoms with E-state index in [0.717, 1.165) is 6.92 Å².